The largest absolute Gasteiger partial charge is 0.314 e. The van der Waals surface area contributed by atoms with E-state index in [1.165, 1.54) is 10.4 Å². The third-order valence-electron chi connectivity index (χ3n) is 3.08. The highest BCUT2D eigenvalue weighted by molar-refractivity contribution is 7.10. The zero-order valence-corrected chi connectivity index (χ0v) is 12.8. The summed E-state index contributed by atoms with van der Waals surface area (Å²) >= 11 is 1.78. The van der Waals surface area contributed by atoms with Gasteiger partial charge in [0.1, 0.15) is 0 Å². The summed E-state index contributed by atoms with van der Waals surface area (Å²) in [5.41, 5.74) is 1.32. The summed E-state index contributed by atoms with van der Waals surface area (Å²) < 4.78 is 0. The maximum Gasteiger partial charge on any atom is 0.0642 e. The molecule has 0 bridgehead atoms. The van der Waals surface area contributed by atoms with Gasteiger partial charge in [0.25, 0.3) is 0 Å². The molecule has 2 heterocycles. The third-order valence-corrected chi connectivity index (χ3v) is 4.20. The van der Waals surface area contributed by atoms with Crippen molar-refractivity contribution in [2.24, 2.45) is 0 Å². The lowest BCUT2D eigenvalue weighted by atomic mass is 10.1. The minimum atomic E-state index is 0. The molecule has 1 saturated heterocycles. The van der Waals surface area contributed by atoms with Crippen molar-refractivity contribution in [2.75, 3.05) is 26.2 Å². The Morgan fingerprint density at radius 3 is 2.61 bits per heavy atom. The second-order valence-electron chi connectivity index (χ2n) is 4.13. The van der Waals surface area contributed by atoms with Crippen molar-refractivity contribution < 1.29 is 0 Å². The molecule has 0 unspecified atom stereocenters. The molecule has 18 heavy (non-hydrogen) atoms. The Morgan fingerprint density at radius 2 is 2.11 bits per heavy atom. The number of aryl methyl sites for hydroxylation is 1. The quantitative estimate of drug-likeness (QED) is 0.933. The van der Waals surface area contributed by atoms with Crippen LogP contribution in [0, 0.1) is 18.3 Å². The molecule has 0 aliphatic carbocycles. The topological polar surface area (TPSA) is 39.1 Å². The van der Waals surface area contributed by atoms with Gasteiger partial charge in [-0.15, -0.1) is 36.2 Å². The lowest BCUT2D eigenvalue weighted by Crippen LogP contribution is -2.45. The highest BCUT2D eigenvalue weighted by Gasteiger charge is 2.23. The van der Waals surface area contributed by atoms with Gasteiger partial charge < -0.3 is 5.32 Å². The van der Waals surface area contributed by atoms with Crippen LogP contribution in [0.4, 0.5) is 0 Å². The first kappa shape index (κ1) is 17.7. The number of nitrogens with zero attached hydrogens (tertiary/aromatic N) is 2. The number of halogens is 2. The van der Waals surface area contributed by atoms with E-state index < -0.39 is 0 Å². The van der Waals surface area contributed by atoms with E-state index in [9.17, 15) is 0 Å². The van der Waals surface area contributed by atoms with Crippen LogP contribution in [0.25, 0.3) is 0 Å². The van der Waals surface area contributed by atoms with Crippen LogP contribution < -0.4 is 5.32 Å². The van der Waals surface area contributed by atoms with Gasteiger partial charge in [-0.25, -0.2) is 0 Å². The molecule has 0 aromatic carbocycles. The molecule has 1 aromatic heterocycles. The van der Waals surface area contributed by atoms with E-state index in [4.69, 9.17) is 5.26 Å². The van der Waals surface area contributed by atoms with Crippen molar-refractivity contribution in [3.8, 4) is 6.07 Å². The van der Waals surface area contributed by atoms with Crippen molar-refractivity contribution in [1.82, 2.24) is 10.2 Å². The van der Waals surface area contributed by atoms with Crippen LogP contribution in [0.5, 0.6) is 0 Å². The number of rotatable bonds is 3. The number of hydrogen-bond donors (Lipinski definition) is 1. The molecule has 1 aliphatic rings. The van der Waals surface area contributed by atoms with E-state index in [1.807, 2.05) is 0 Å². The Balaban J connectivity index is 0.00000144. The molecule has 3 nitrogen and oxygen atoms in total. The van der Waals surface area contributed by atoms with Gasteiger partial charge in [-0.05, 0) is 23.9 Å². The molecule has 1 N–H and O–H groups in total. The monoisotopic (exact) mass is 307 g/mol. The number of nitrogens with one attached hydrogen (secondary N) is 1. The van der Waals surface area contributed by atoms with E-state index in [0.29, 0.717) is 12.5 Å². The molecule has 0 radical (unpaired) electrons. The Kier molecular flexibility index (Phi) is 8.58. The minimum Gasteiger partial charge on any atom is -0.314 e. The molecule has 0 spiro atoms. The van der Waals surface area contributed by atoms with Crippen LogP contribution in [0.2, 0.25) is 0 Å². The zero-order chi connectivity index (χ0) is 11.4. The second kappa shape index (κ2) is 8.73. The molecule has 6 heteroatoms. The maximum atomic E-state index is 8.97. The summed E-state index contributed by atoms with van der Waals surface area (Å²) in [4.78, 5) is 3.79. The standard InChI is InChI=1S/C12H17N3S.2ClH/c1-10-3-9-16-12(10)11(2-4-13)15-7-5-14-6-8-15;;/h3,9,11,14H,2,5-8H2,1H3;2*1H/t11-;;/m1../s1. The average Bonchev–Trinajstić information content (AvgIpc) is 2.73. The normalized spacial score (nSPS) is 17.1. The van der Waals surface area contributed by atoms with Gasteiger partial charge in [0.05, 0.1) is 18.5 Å². The van der Waals surface area contributed by atoms with Gasteiger partial charge in [0.15, 0.2) is 0 Å². The molecular weight excluding hydrogens is 289 g/mol. The molecule has 1 aliphatic heterocycles. The molecule has 2 rings (SSSR count). The van der Waals surface area contributed by atoms with Crippen molar-refractivity contribution in [3.63, 3.8) is 0 Å². The van der Waals surface area contributed by atoms with Crippen molar-refractivity contribution in [3.05, 3.63) is 21.9 Å². The average molecular weight is 308 g/mol. The Hall–Kier alpha value is -0.310. The maximum absolute atomic E-state index is 8.97. The van der Waals surface area contributed by atoms with Crippen molar-refractivity contribution >= 4 is 36.2 Å². The van der Waals surface area contributed by atoms with Crippen LogP contribution in [-0.4, -0.2) is 31.1 Å². The molecule has 1 aromatic rings. The summed E-state index contributed by atoms with van der Waals surface area (Å²) in [5, 5.41) is 14.4. The molecule has 0 saturated carbocycles. The highest BCUT2D eigenvalue weighted by Crippen LogP contribution is 2.31. The second-order valence-corrected chi connectivity index (χ2v) is 5.08. The number of thiophene rings is 1. The van der Waals surface area contributed by atoms with E-state index in [1.54, 1.807) is 11.3 Å². The number of hydrogen-bond acceptors (Lipinski definition) is 4. The fourth-order valence-electron chi connectivity index (χ4n) is 2.19. The first-order chi connectivity index (χ1) is 7.83. The minimum absolute atomic E-state index is 0. The summed E-state index contributed by atoms with van der Waals surface area (Å²) in [5.74, 6) is 0. The van der Waals surface area contributed by atoms with E-state index in [0.717, 1.165) is 26.2 Å². The fraction of sp³-hybridized carbons (Fsp3) is 0.583. The third kappa shape index (κ3) is 4.11. The number of piperazine rings is 1. The Labute approximate surface area is 125 Å². The fourth-order valence-corrected chi connectivity index (χ4v) is 3.26. The van der Waals surface area contributed by atoms with Crippen LogP contribution in [0.3, 0.4) is 0 Å². The van der Waals surface area contributed by atoms with E-state index in [2.05, 4.69) is 34.7 Å². The Bertz CT molecular complexity index is 383. The first-order valence-corrected chi connectivity index (χ1v) is 6.56. The van der Waals surface area contributed by atoms with Crippen LogP contribution in [-0.2, 0) is 0 Å². The van der Waals surface area contributed by atoms with Gasteiger partial charge >= 0.3 is 0 Å². The van der Waals surface area contributed by atoms with Gasteiger partial charge in [0.2, 0.25) is 0 Å². The smallest absolute Gasteiger partial charge is 0.0642 e. The lowest BCUT2D eigenvalue weighted by Gasteiger charge is -2.33. The molecule has 1 fully saturated rings. The predicted octanol–water partition coefficient (Wildman–Crippen LogP) is 2.76. The first-order valence-electron chi connectivity index (χ1n) is 5.68. The van der Waals surface area contributed by atoms with Crippen molar-refractivity contribution in [1.29, 1.82) is 5.26 Å². The van der Waals surface area contributed by atoms with Crippen molar-refractivity contribution in [2.45, 2.75) is 19.4 Å². The van der Waals surface area contributed by atoms with Gasteiger partial charge in [-0.1, -0.05) is 0 Å². The van der Waals surface area contributed by atoms with Crippen LogP contribution in [0.15, 0.2) is 11.4 Å². The van der Waals surface area contributed by atoms with E-state index in [-0.39, 0.29) is 24.8 Å². The van der Waals surface area contributed by atoms with Gasteiger partial charge in [-0.3, -0.25) is 4.90 Å². The van der Waals surface area contributed by atoms with Crippen LogP contribution in [0.1, 0.15) is 22.9 Å². The summed E-state index contributed by atoms with van der Waals surface area (Å²) in [6, 6.07) is 4.77. The van der Waals surface area contributed by atoms with Gasteiger partial charge in [-0.2, -0.15) is 5.26 Å². The van der Waals surface area contributed by atoms with E-state index >= 15 is 0 Å². The highest BCUT2D eigenvalue weighted by atomic mass is 35.5. The Morgan fingerprint density at radius 1 is 1.44 bits per heavy atom. The predicted molar refractivity (Wildman–Crippen MR) is 81.0 cm³/mol. The summed E-state index contributed by atoms with van der Waals surface area (Å²) in [6.07, 6.45) is 0.599. The summed E-state index contributed by atoms with van der Waals surface area (Å²) in [7, 11) is 0. The lowest BCUT2D eigenvalue weighted by molar-refractivity contribution is 0.177. The zero-order valence-electron chi connectivity index (χ0n) is 10.4. The molecule has 1 atom stereocenters. The molecule has 102 valence electrons. The number of nitriles is 1. The van der Waals surface area contributed by atoms with Gasteiger partial charge in [0, 0.05) is 31.1 Å². The SMILES string of the molecule is Cc1ccsc1[C@@H](CC#N)N1CCNCC1.Cl.Cl. The van der Waals surface area contributed by atoms with Crippen LogP contribution >= 0.6 is 36.2 Å². The molecule has 0 amide bonds. The summed E-state index contributed by atoms with van der Waals surface area (Å²) in [6.45, 7) is 6.30. The molecular formula is C12H19Cl2N3S.